The zero-order valence-corrected chi connectivity index (χ0v) is 10.9. The SMILES string of the molecule is CCCNC(=O)c1ccnc(-c2cccc(N)c2)c1. The van der Waals surface area contributed by atoms with Crippen LogP contribution in [0.4, 0.5) is 5.69 Å². The maximum atomic E-state index is 11.9. The lowest BCUT2D eigenvalue weighted by Gasteiger charge is -2.06. The summed E-state index contributed by atoms with van der Waals surface area (Å²) in [6.45, 7) is 2.69. The van der Waals surface area contributed by atoms with E-state index in [1.807, 2.05) is 31.2 Å². The summed E-state index contributed by atoms with van der Waals surface area (Å²) in [7, 11) is 0. The van der Waals surface area contributed by atoms with Gasteiger partial charge in [0.2, 0.25) is 0 Å². The number of nitrogens with two attached hydrogens (primary N) is 1. The van der Waals surface area contributed by atoms with Crippen LogP contribution in [0.1, 0.15) is 23.7 Å². The molecule has 0 aliphatic carbocycles. The average Bonchev–Trinajstić information content (AvgIpc) is 2.45. The first kappa shape index (κ1) is 13.1. The average molecular weight is 255 g/mol. The van der Waals surface area contributed by atoms with E-state index in [0.29, 0.717) is 17.8 Å². The van der Waals surface area contributed by atoms with Crippen molar-refractivity contribution in [3.05, 3.63) is 48.2 Å². The number of nitrogen functional groups attached to an aromatic ring is 1. The zero-order chi connectivity index (χ0) is 13.7. The highest BCUT2D eigenvalue weighted by atomic mass is 16.1. The van der Waals surface area contributed by atoms with Gasteiger partial charge < -0.3 is 11.1 Å². The number of carbonyl (C=O) groups excluding carboxylic acids is 1. The fourth-order valence-corrected chi connectivity index (χ4v) is 1.77. The molecule has 2 aromatic rings. The van der Waals surface area contributed by atoms with Crippen molar-refractivity contribution in [3.63, 3.8) is 0 Å². The number of hydrogen-bond donors (Lipinski definition) is 2. The number of nitrogens with one attached hydrogen (secondary N) is 1. The monoisotopic (exact) mass is 255 g/mol. The summed E-state index contributed by atoms with van der Waals surface area (Å²) in [5, 5.41) is 2.85. The van der Waals surface area contributed by atoms with Gasteiger partial charge >= 0.3 is 0 Å². The van der Waals surface area contributed by atoms with E-state index in [0.717, 1.165) is 17.7 Å². The molecule has 4 nitrogen and oxygen atoms in total. The number of amides is 1. The van der Waals surface area contributed by atoms with E-state index in [9.17, 15) is 4.79 Å². The largest absolute Gasteiger partial charge is 0.399 e. The van der Waals surface area contributed by atoms with Crippen LogP contribution in [0.3, 0.4) is 0 Å². The lowest BCUT2D eigenvalue weighted by Crippen LogP contribution is -2.23. The van der Waals surface area contributed by atoms with Crippen molar-refractivity contribution in [1.82, 2.24) is 10.3 Å². The number of anilines is 1. The quantitative estimate of drug-likeness (QED) is 0.825. The fraction of sp³-hybridized carbons (Fsp3) is 0.200. The molecule has 0 spiro atoms. The molecule has 0 bridgehead atoms. The fourth-order valence-electron chi connectivity index (χ4n) is 1.77. The summed E-state index contributed by atoms with van der Waals surface area (Å²) in [5.74, 6) is -0.0746. The van der Waals surface area contributed by atoms with Gasteiger partial charge in [-0.1, -0.05) is 19.1 Å². The molecule has 0 aliphatic heterocycles. The number of rotatable bonds is 4. The first-order valence-corrected chi connectivity index (χ1v) is 6.31. The Morgan fingerprint density at radius 3 is 2.89 bits per heavy atom. The number of hydrogen-bond acceptors (Lipinski definition) is 3. The number of pyridine rings is 1. The van der Waals surface area contributed by atoms with Gasteiger partial charge in [-0.05, 0) is 30.7 Å². The van der Waals surface area contributed by atoms with Crippen molar-refractivity contribution in [2.75, 3.05) is 12.3 Å². The summed E-state index contributed by atoms with van der Waals surface area (Å²) in [6.07, 6.45) is 2.55. The zero-order valence-electron chi connectivity index (χ0n) is 10.9. The highest BCUT2D eigenvalue weighted by molar-refractivity contribution is 5.95. The van der Waals surface area contributed by atoms with Crippen LogP contribution >= 0.6 is 0 Å². The lowest BCUT2D eigenvalue weighted by atomic mass is 10.1. The third-order valence-corrected chi connectivity index (χ3v) is 2.74. The van der Waals surface area contributed by atoms with Crippen molar-refractivity contribution >= 4 is 11.6 Å². The molecular formula is C15H17N3O. The van der Waals surface area contributed by atoms with Gasteiger partial charge in [0.1, 0.15) is 0 Å². The number of nitrogens with zero attached hydrogens (tertiary/aromatic N) is 1. The highest BCUT2D eigenvalue weighted by Crippen LogP contribution is 2.20. The minimum Gasteiger partial charge on any atom is -0.399 e. The van der Waals surface area contributed by atoms with E-state index in [1.165, 1.54) is 0 Å². The normalized spacial score (nSPS) is 10.2. The molecule has 0 saturated heterocycles. The van der Waals surface area contributed by atoms with Crippen molar-refractivity contribution in [3.8, 4) is 11.3 Å². The molecule has 0 aliphatic rings. The molecule has 3 N–H and O–H groups in total. The first-order chi connectivity index (χ1) is 9.20. The molecule has 19 heavy (non-hydrogen) atoms. The molecule has 98 valence electrons. The Kier molecular flexibility index (Phi) is 4.13. The maximum absolute atomic E-state index is 11.9. The molecule has 0 radical (unpaired) electrons. The van der Waals surface area contributed by atoms with Gasteiger partial charge in [-0.2, -0.15) is 0 Å². The molecule has 0 fully saturated rings. The molecule has 1 amide bonds. The molecule has 0 unspecified atom stereocenters. The van der Waals surface area contributed by atoms with Crippen LogP contribution in [-0.4, -0.2) is 17.4 Å². The van der Waals surface area contributed by atoms with Crippen LogP contribution in [0.15, 0.2) is 42.6 Å². The van der Waals surface area contributed by atoms with Crippen molar-refractivity contribution < 1.29 is 4.79 Å². The minimum absolute atomic E-state index is 0.0746. The van der Waals surface area contributed by atoms with Crippen LogP contribution in [-0.2, 0) is 0 Å². The Balaban J connectivity index is 2.26. The summed E-state index contributed by atoms with van der Waals surface area (Å²) in [4.78, 5) is 16.2. The van der Waals surface area contributed by atoms with E-state index in [1.54, 1.807) is 18.3 Å². The van der Waals surface area contributed by atoms with Crippen molar-refractivity contribution in [2.24, 2.45) is 0 Å². The Labute approximate surface area is 112 Å². The number of carbonyl (C=O) groups is 1. The number of benzene rings is 1. The van der Waals surface area contributed by atoms with Crippen LogP contribution in [0.5, 0.6) is 0 Å². The summed E-state index contributed by atoms with van der Waals surface area (Å²) >= 11 is 0. The molecule has 0 saturated carbocycles. The van der Waals surface area contributed by atoms with Crippen LogP contribution in [0.2, 0.25) is 0 Å². The summed E-state index contributed by atoms with van der Waals surface area (Å²) < 4.78 is 0. The van der Waals surface area contributed by atoms with E-state index in [2.05, 4.69) is 10.3 Å². The van der Waals surface area contributed by atoms with Gasteiger partial charge in [0.05, 0.1) is 5.69 Å². The first-order valence-electron chi connectivity index (χ1n) is 6.31. The summed E-state index contributed by atoms with van der Waals surface area (Å²) in [6, 6.07) is 10.9. The molecule has 0 atom stereocenters. The molecule has 1 aromatic heterocycles. The van der Waals surface area contributed by atoms with E-state index >= 15 is 0 Å². The maximum Gasteiger partial charge on any atom is 0.251 e. The van der Waals surface area contributed by atoms with Crippen LogP contribution < -0.4 is 11.1 Å². The van der Waals surface area contributed by atoms with E-state index in [-0.39, 0.29) is 5.91 Å². The van der Waals surface area contributed by atoms with Gasteiger partial charge in [-0.3, -0.25) is 9.78 Å². The standard InChI is InChI=1S/C15H17N3O/c1-2-7-18-15(19)12-6-8-17-14(10-12)11-4-3-5-13(16)9-11/h3-6,8-10H,2,7,16H2,1H3,(H,18,19). The molecule has 1 heterocycles. The van der Waals surface area contributed by atoms with Crippen LogP contribution in [0.25, 0.3) is 11.3 Å². The Hall–Kier alpha value is -2.36. The van der Waals surface area contributed by atoms with Crippen LogP contribution in [0, 0.1) is 0 Å². The second kappa shape index (κ2) is 6.00. The molecule has 2 rings (SSSR count). The highest BCUT2D eigenvalue weighted by Gasteiger charge is 2.07. The third-order valence-electron chi connectivity index (χ3n) is 2.74. The predicted octanol–water partition coefficient (Wildman–Crippen LogP) is 2.47. The van der Waals surface area contributed by atoms with Gasteiger partial charge in [0.25, 0.3) is 5.91 Å². The van der Waals surface area contributed by atoms with Crippen molar-refractivity contribution in [2.45, 2.75) is 13.3 Å². The number of aromatic nitrogens is 1. The van der Waals surface area contributed by atoms with Gasteiger partial charge in [0, 0.05) is 29.6 Å². The van der Waals surface area contributed by atoms with E-state index in [4.69, 9.17) is 5.73 Å². The Morgan fingerprint density at radius 2 is 2.16 bits per heavy atom. The summed E-state index contributed by atoms with van der Waals surface area (Å²) in [5.41, 5.74) is 8.70. The Morgan fingerprint density at radius 1 is 1.32 bits per heavy atom. The molecule has 1 aromatic carbocycles. The Bertz CT molecular complexity index is 581. The topological polar surface area (TPSA) is 68.0 Å². The third kappa shape index (κ3) is 3.31. The minimum atomic E-state index is -0.0746. The molecular weight excluding hydrogens is 238 g/mol. The van der Waals surface area contributed by atoms with Gasteiger partial charge in [-0.15, -0.1) is 0 Å². The predicted molar refractivity (Wildman–Crippen MR) is 76.7 cm³/mol. The molecule has 4 heteroatoms. The van der Waals surface area contributed by atoms with Crippen molar-refractivity contribution in [1.29, 1.82) is 0 Å². The van der Waals surface area contributed by atoms with Gasteiger partial charge in [0.15, 0.2) is 0 Å². The smallest absolute Gasteiger partial charge is 0.251 e. The second-order valence-corrected chi connectivity index (χ2v) is 4.31. The van der Waals surface area contributed by atoms with Gasteiger partial charge in [-0.25, -0.2) is 0 Å². The second-order valence-electron chi connectivity index (χ2n) is 4.31. The lowest BCUT2D eigenvalue weighted by molar-refractivity contribution is 0.0953. The van der Waals surface area contributed by atoms with E-state index < -0.39 is 0 Å².